The number of rotatable bonds is 1. The molecule has 0 unspecified atom stereocenters. The lowest BCUT2D eigenvalue weighted by Crippen LogP contribution is -2.36. The Morgan fingerprint density at radius 1 is 1.33 bits per heavy atom. The minimum atomic E-state index is -0.579. The second-order valence-electron chi connectivity index (χ2n) is 4.94. The Morgan fingerprint density at radius 2 is 2.13 bits per heavy atom. The molecule has 0 spiro atoms. The molecule has 0 heterocycles. The highest BCUT2D eigenvalue weighted by Gasteiger charge is 2.37. The first-order valence-corrected chi connectivity index (χ1v) is 5.92. The monoisotopic (exact) mass is 204 g/mol. The van der Waals surface area contributed by atoms with Crippen molar-refractivity contribution in [2.24, 2.45) is 5.92 Å². The highest BCUT2D eigenvalue weighted by Crippen LogP contribution is 2.41. The molecule has 1 N–H and O–H groups in total. The number of hydrogen-bond acceptors (Lipinski definition) is 1. The Kier molecular flexibility index (Phi) is 2.83. The Balaban J connectivity index is 2.34. The van der Waals surface area contributed by atoms with Crippen LogP contribution in [0.25, 0.3) is 0 Å². The molecule has 1 aliphatic carbocycles. The molecule has 2 rings (SSSR count). The van der Waals surface area contributed by atoms with Gasteiger partial charge in [0.05, 0.1) is 5.60 Å². The van der Waals surface area contributed by atoms with Crippen LogP contribution in [-0.4, -0.2) is 5.11 Å². The van der Waals surface area contributed by atoms with Gasteiger partial charge in [-0.25, -0.2) is 0 Å². The van der Waals surface area contributed by atoms with Crippen LogP contribution in [0.3, 0.4) is 0 Å². The molecule has 0 bridgehead atoms. The molecule has 1 aromatic carbocycles. The zero-order valence-corrected chi connectivity index (χ0v) is 9.66. The lowest BCUT2D eigenvalue weighted by Gasteiger charge is -2.38. The Morgan fingerprint density at radius 3 is 2.80 bits per heavy atom. The number of aryl methyl sites for hydroxylation is 1. The molecule has 0 radical (unpaired) electrons. The maximum absolute atomic E-state index is 10.7. The average molecular weight is 204 g/mol. The summed E-state index contributed by atoms with van der Waals surface area (Å²) in [6.07, 6.45) is 4.46. The molecular formula is C14H20O. The van der Waals surface area contributed by atoms with E-state index in [0.29, 0.717) is 5.92 Å². The third-order valence-corrected chi connectivity index (χ3v) is 3.78. The summed E-state index contributed by atoms with van der Waals surface area (Å²) in [4.78, 5) is 0. The van der Waals surface area contributed by atoms with Crippen molar-refractivity contribution in [2.45, 2.75) is 45.1 Å². The fraction of sp³-hybridized carbons (Fsp3) is 0.571. The van der Waals surface area contributed by atoms with Gasteiger partial charge in [0.25, 0.3) is 0 Å². The van der Waals surface area contributed by atoms with Crippen LogP contribution in [0.4, 0.5) is 0 Å². The highest BCUT2D eigenvalue weighted by atomic mass is 16.3. The van der Waals surface area contributed by atoms with Crippen molar-refractivity contribution in [3.8, 4) is 0 Å². The van der Waals surface area contributed by atoms with E-state index >= 15 is 0 Å². The van der Waals surface area contributed by atoms with Gasteiger partial charge in [0, 0.05) is 0 Å². The lowest BCUT2D eigenvalue weighted by atomic mass is 9.72. The molecule has 2 atom stereocenters. The van der Waals surface area contributed by atoms with Crippen LogP contribution in [0.5, 0.6) is 0 Å². The van der Waals surface area contributed by atoms with Crippen LogP contribution < -0.4 is 0 Å². The first-order chi connectivity index (χ1) is 7.13. The maximum atomic E-state index is 10.7. The summed E-state index contributed by atoms with van der Waals surface area (Å²) in [7, 11) is 0. The predicted octanol–water partition coefficient (Wildman–Crippen LogP) is 3.39. The molecule has 0 aromatic heterocycles. The van der Waals surface area contributed by atoms with E-state index in [1.54, 1.807) is 0 Å². The number of benzene rings is 1. The maximum Gasteiger partial charge on any atom is 0.0922 e. The van der Waals surface area contributed by atoms with Crippen LogP contribution >= 0.6 is 0 Å². The van der Waals surface area contributed by atoms with Crippen LogP contribution in [0.2, 0.25) is 0 Å². The highest BCUT2D eigenvalue weighted by molar-refractivity contribution is 5.28. The van der Waals surface area contributed by atoms with Gasteiger partial charge < -0.3 is 5.11 Å². The summed E-state index contributed by atoms with van der Waals surface area (Å²) in [5.41, 5.74) is 1.76. The topological polar surface area (TPSA) is 20.2 Å². The zero-order valence-electron chi connectivity index (χ0n) is 9.66. The molecule has 1 aromatic rings. The van der Waals surface area contributed by atoms with Gasteiger partial charge in [-0.05, 0) is 31.2 Å². The molecule has 1 heteroatoms. The molecule has 1 nitrogen and oxygen atoms in total. The molecule has 82 valence electrons. The van der Waals surface area contributed by atoms with Crippen LogP contribution in [0, 0.1) is 12.8 Å². The van der Waals surface area contributed by atoms with E-state index < -0.39 is 5.60 Å². The van der Waals surface area contributed by atoms with Crippen molar-refractivity contribution in [1.29, 1.82) is 0 Å². The smallest absolute Gasteiger partial charge is 0.0922 e. The van der Waals surface area contributed by atoms with Crippen molar-refractivity contribution in [3.05, 3.63) is 35.4 Å². The van der Waals surface area contributed by atoms with Crippen molar-refractivity contribution in [3.63, 3.8) is 0 Å². The lowest BCUT2D eigenvalue weighted by molar-refractivity contribution is -0.0470. The van der Waals surface area contributed by atoms with Gasteiger partial charge in [0.15, 0.2) is 0 Å². The third-order valence-electron chi connectivity index (χ3n) is 3.78. The fourth-order valence-corrected chi connectivity index (χ4v) is 2.67. The van der Waals surface area contributed by atoms with Gasteiger partial charge in [-0.3, -0.25) is 0 Å². The van der Waals surface area contributed by atoms with E-state index in [4.69, 9.17) is 0 Å². The van der Waals surface area contributed by atoms with Gasteiger partial charge in [-0.15, -0.1) is 0 Å². The van der Waals surface area contributed by atoms with Crippen molar-refractivity contribution in [2.75, 3.05) is 0 Å². The van der Waals surface area contributed by atoms with E-state index in [9.17, 15) is 5.11 Å². The molecular weight excluding hydrogens is 184 g/mol. The minimum absolute atomic E-state index is 0.382. The molecule has 0 saturated heterocycles. The molecule has 0 aliphatic heterocycles. The minimum Gasteiger partial charge on any atom is -0.385 e. The standard InChI is InChI=1S/C14H20O/c1-11-6-5-8-13(10-11)14(15)9-4-3-7-12(14)2/h5-6,8,10,12,15H,3-4,7,9H2,1-2H3/t12-,14+/m1/s1. The van der Waals surface area contributed by atoms with E-state index in [-0.39, 0.29) is 0 Å². The SMILES string of the molecule is Cc1cccc([C@]2(O)CCCC[C@H]2C)c1. The average Bonchev–Trinajstić information content (AvgIpc) is 2.23. The molecule has 1 saturated carbocycles. The first-order valence-electron chi connectivity index (χ1n) is 5.92. The Labute approximate surface area is 92.1 Å². The normalized spacial score (nSPS) is 31.5. The first kappa shape index (κ1) is 10.7. The van der Waals surface area contributed by atoms with Crippen molar-refractivity contribution < 1.29 is 5.11 Å². The summed E-state index contributed by atoms with van der Waals surface area (Å²) in [5, 5.41) is 10.7. The van der Waals surface area contributed by atoms with E-state index in [1.807, 2.05) is 6.07 Å². The van der Waals surface area contributed by atoms with Gasteiger partial charge in [-0.2, -0.15) is 0 Å². The van der Waals surface area contributed by atoms with E-state index in [1.165, 1.54) is 12.0 Å². The van der Waals surface area contributed by atoms with Gasteiger partial charge in [-0.1, -0.05) is 49.6 Å². The largest absolute Gasteiger partial charge is 0.385 e. The number of aliphatic hydroxyl groups is 1. The third kappa shape index (κ3) is 1.93. The van der Waals surface area contributed by atoms with Crippen molar-refractivity contribution >= 4 is 0 Å². The Hall–Kier alpha value is -0.820. The number of hydrogen-bond donors (Lipinski definition) is 1. The van der Waals surface area contributed by atoms with Crippen LogP contribution in [0.1, 0.15) is 43.7 Å². The fourth-order valence-electron chi connectivity index (χ4n) is 2.67. The zero-order chi connectivity index (χ0) is 10.9. The predicted molar refractivity (Wildman–Crippen MR) is 62.7 cm³/mol. The van der Waals surface area contributed by atoms with Gasteiger partial charge in [0.2, 0.25) is 0 Å². The summed E-state index contributed by atoms with van der Waals surface area (Å²) < 4.78 is 0. The van der Waals surface area contributed by atoms with Crippen molar-refractivity contribution in [1.82, 2.24) is 0 Å². The van der Waals surface area contributed by atoms with Gasteiger partial charge in [0.1, 0.15) is 0 Å². The second kappa shape index (κ2) is 3.97. The molecule has 1 fully saturated rings. The van der Waals surface area contributed by atoms with Gasteiger partial charge >= 0.3 is 0 Å². The van der Waals surface area contributed by atoms with E-state index in [0.717, 1.165) is 24.8 Å². The molecule has 15 heavy (non-hydrogen) atoms. The quantitative estimate of drug-likeness (QED) is 0.743. The molecule has 1 aliphatic rings. The summed E-state index contributed by atoms with van der Waals surface area (Å²) in [6.45, 7) is 4.25. The van der Waals surface area contributed by atoms with Crippen LogP contribution in [0.15, 0.2) is 24.3 Å². The summed E-state index contributed by atoms with van der Waals surface area (Å²) in [6, 6.07) is 8.32. The van der Waals surface area contributed by atoms with E-state index in [2.05, 4.69) is 32.0 Å². The second-order valence-corrected chi connectivity index (χ2v) is 4.94. The van der Waals surface area contributed by atoms with Crippen LogP contribution in [-0.2, 0) is 5.60 Å². The summed E-state index contributed by atoms with van der Waals surface area (Å²) >= 11 is 0. The summed E-state index contributed by atoms with van der Waals surface area (Å²) in [5.74, 6) is 0.382. The Bertz CT molecular complexity index is 345. The molecule has 0 amide bonds.